The van der Waals surface area contributed by atoms with Gasteiger partial charge < -0.3 is 10.1 Å². The number of rotatable bonds is 5. The molecule has 0 atom stereocenters. The van der Waals surface area contributed by atoms with E-state index in [0.29, 0.717) is 12.2 Å². The van der Waals surface area contributed by atoms with Crippen LogP contribution in [0.25, 0.3) is 0 Å². The molecule has 0 fully saturated rings. The van der Waals surface area contributed by atoms with E-state index in [1.54, 1.807) is 24.3 Å². The van der Waals surface area contributed by atoms with Crippen LogP contribution in [-0.2, 0) is 6.54 Å². The molecular formula is C14H12F3NO. The number of anilines is 1. The van der Waals surface area contributed by atoms with E-state index in [2.05, 4.69) is 10.1 Å². The van der Waals surface area contributed by atoms with Crippen molar-refractivity contribution in [3.8, 4) is 5.75 Å². The first-order chi connectivity index (χ1) is 9.13. The lowest BCUT2D eigenvalue weighted by molar-refractivity contribution is -0.0498. The Kier molecular flexibility index (Phi) is 4.28. The Morgan fingerprint density at radius 3 is 2.47 bits per heavy atom. The number of ether oxygens (including phenoxy) is 1. The molecule has 0 aliphatic rings. The molecule has 0 bridgehead atoms. The van der Waals surface area contributed by atoms with Crippen molar-refractivity contribution in [3.63, 3.8) is 0 Å². The fourth-order valence-electron chi connectivity index (χ4n) is 1.59. The minimum atomic E-state index is -2.84. The molecule has 0 saturated heterocycles. The molecule has 2 nitrogen and oxygen atoms in total. The van der Waals surface area contributed by atoms with Gasteiger partial charge in [0.05, 0.1) is 0 Å². The molecule has 0 spiro atoms. The third-order valence-electron chi connectivity index (χ3n) is 2.47. The van der Waals surface area contributed by atoms with Crippen molar-refractivity contribution in [1.29, 1.82) is 0 Å². The summed E-state index contributed by atoms with van der Waals surface area (Å²) in [5.74, 6) is -0.199. The van der Waals surface area contributed by atoms with E-state index >= 15 is 0 Å². The molecule has 0 radical (unpaired) electrons. The molecular weight excluding hydrogens is 255 g/mol. The lowest BCUT2D eigenvalue weighted by Crippen LogP contribution is -2.03. The zero-order valence-corrected chi connectivity index (χ0v) is 9.95. The van der Waals surface area contributed by atoms with E-state index in [1.165, 1.54) is 24.3 Å². The van der Waals surface area contributed by atoms with Crippen molar-refractivity contribution in [1.82, 2.24) is 0 Å². The second kappa shape index (κ2) is 6.13. The van der Waals surface area contributed by atoms with Crippen molar-refractivity contribution < 1.29 is 17.9 Å². The molecule has 0 aliphatic carbocycles. The van der Waals surface area contributed by atoms with E-state index in [0.717, 1.165) is 5.56 Å². The number of nitrogens with one attached hydrogen (secondary N) is 1. The summed E-state index contributed by atoms with van der Waals surface area (Å²) in [6, 6.07) is 12.3. The molecule has 19 heavy (non-hydrogen) atoms. The SMILES string of the molecule is Fc1ccc(CNc2cccc(OC(F)F)c2)cc1. The van der Waals surface area contributed by atoms with Crippen LogP contribution in [0.3, 0.4) is 0 Å². The maximum atomic E-state index is 12.7. The van der Waals surface area contributed by atoms with Gasteiger partial charge in [-0.1, -0.05) is 18.2 Å². The molecule has 2 aromatic carbocycles. The predicted molar refractivity (Wildman–Crippen MR) is 66.8 cm³/mol. The fourth-order valence-corrected chi connectivity index (χ4v) is 1.59. The van der Waals surface area contributed by atoms with Crippen LogP contribution < -0.4 is 10.1 Å². The smallest absolute Gasteiger partial charge is 0.387 e. The van der Waals surface area contributed by atoms with E-state index in [-0.39, 0.29) is 11.6 Å². The average molecular weight is 267 g/mol. The topological polar surface area (TPSA) is 21.3 Å². The van der Waals surface area contributed by atoms with E-state index < -0.39 is 6.61 Å². The molecule has 0 heterocycles. The van der Waals surface area contributed by atoms with Crippen molar-refractivity contribution in [2.45, 2.75) is 13.2 Å². The Morgan fingerprint density at radius 1 is 1.05 bits per heavy atom. The summed E-state index contributed by atoms with van der Waals surface area (Å²) in [4.78, 5) is 0. The van der Waals surface area contributed by atoms with Crippen molar-refractivity contribution in [3.05, 3.63) is 59.9 Å². The number of hydrogen-bond acceptors (Lipinski definition) is 2. The molecule has 0 aromatic heterocycles. The maximum absolute atomic E-state index is 12.7. The number of hydrogen-bond donors (Lipinski definition) is 1. The Labute approximate surface area is 108 Å². The normalized spacial score (nSPS) is 10.5. The molecule has 100 valence electrons. The zero-order chi connectivity index (χ0) is 13.7. The van der Waals surface area contributed by atoms with Gasteiger partial charge in [-0.3, -0.25) is 0 Å². The van der Waals surface area contributed by atoms with E-state index in [9.17, 15) is 13.2 Å². The minimum Gasteiger partial charge on any atom is -0.435 e. The Bertz CT molecular complexity index is 528. The van der Waals surface area contributed by atoms with Crippen LogP contribution in [-0.4, -0.2) is 6.61 Å². The van der Waals surface area contributed by atoms with Gasteiger partial charge in [-0.15, -0.1) is 0 Å². The van der Waals surface area contributed by atoms with Crippen LogP contribution in [0, 0.1) is 5.82 Å². The molecule has 2 rings (SSSR count). The lowest BCUT2D eigenvalue weighted by atomic mass is 10.2. The summed E-state index contributed by atoms with van der Waals surface area (Å²) < 4.78 is 41.1. The summed E-state index contributed by atoms with van der Waals surface area (Å²) in [5.41, 5.74) is 1.55. The van der Waals surface area contributed by atoms with Gasteiger partial charge in [0, 0.05) is 18.3 Å². The van der Waals surface area contributed by atoms with E-state index in [1.807, 2.05) is 0 Å². The van der Waals surface area contributed by atoms with Crippen LogP contribution in [0.1, 0.15) is 5.56 Å². The molecule has 1 N–H and O–H groups in total. The monoisotopic (exact) mass is 267 g/mol. The second-order valence-electron chi connectivity index (χ2n) is 3.89. The zero-order valence-electron chi connectivity index (χ0n) is 9.95. The van der Waals surface area contributed by atoms with Gasteiger partial charge in [0.2, 0.25) is 0 Å². The van der Waals surface area contributed by atoms with Crippen molar-refractivity contribution in [2.24, 2.45) is 0 Å². The predicted octanol–water partition coefficient (Wildman–Crippen LogP) is 4.04. The van der Waals surface area contributed by atoms with Crippen LogP contribution in [0.4, 0.5) is 18.9 Å². The van der Waals surface area contributed by atoms with Crippen molar-refractivity contribution >= 4 is 5.69 Å². The summed E-state index contributed by atoms with van der Waals surface area (Å²) in [5, 5.41) is 3.05. The van der Waals surface area contributed by atoms with Gasteiger partial charge in [0.1, 0.15) is 11.6 Å². The highest BCUT2D eigenvalue weighted by Gasteiger charge is 2.04. The molecule has 0 amide bonds. The Morgan fingerprint density at radius 2 is 1.79 bits per heavy atom. The van der Waals surface area contributed by atoms with Crippen LogP contribution in [0.2, 0.25) is 0 Å². The first-order valence-electron chi connectivity index (χ1n) is 5.67. The van der Waals surface area contributed by atoms with Crippen molar-refractivity contribution in [2.75, 3.05) is 5.32 Å². The molecule has 0 unspecified atom stereocenters. The molecule has 0 aliphatic heterocycles. The minimum absolute atomic E-state index is 0.0964. The molecule has 0 saturated carbocycles. The maximum Gasteiger partial charge on any atom is 0.387 e. The Balaban J connectivity index is 1.97. The fraction of sp³-hybridized carbons (Fsp3) is 0.143. The Hall–Kier alpha value is -2.17. The highest BCUT2D eigenvalue weighted by Crippen LogP contribution is 2.19. The third-order valence-corrected chi connectivity index (χ3v) is 2.47. The first kappa shape index (κ1) is 13.3. The summed E-state index contributed by atoms with van der Waals surface area (Å²) in [6.45, 7) is -2.37. The van der Waals surface area contributed by atoms with Gasteiger partial charge in [-0.05, 0) is 29.8 Å². The standard InChI is InChI=1S/C14H12F3NO/c15-11-6-4-10(5-7-11)9-18-12-2-1-3-13(8-12)19-14(16)17/h1-8,14,18H,9H2. The average Bonchev–Trinajstić information content (AvgIpc) is 2.38. The lowest BCUT2D eigenvalue weighted by Gasteiger charge is -2.09. The van der Waals surface area contributed by atoms with Crippen LogP contribution >= 0.6 is 0 Å². The van der Waals surface area contributed by atoms with Gasteiger partial charge in [-0.2, -0.15) is 8.78 Å². The van der Waals surface area contributed by atoms with Gasteiger partial charge in [0.15, 0.2) is 0 Å². The second-order valence-corrected chi connectivity index (χ2v) is 3.89. The van der Waals surface area contributed by atoms with E-state index in [4.69, 9.17) is 0 Å². The summed E-state index contributed by atoms with van der Waals surface area (Å²) in [7, 11) is 0. The van der Waals surface area contributed by atoms with Crippen LogP contribution in [0.5, 0.6) is 5.75 Å². The first-order valence-corrected chi connectivity index (χ1v) is 5.67. The molecule has 5 heteroatoms. The highest BCUT2D eigenvalue weighted by molar-refractivity contribution is 5.48. The molecule has 2 aromatic rings. The van der Waals surface area contributed by atoms with Gasteiger partial charge >= 0.3 is 6.61 Å². The highest BCUT2D eigenvalue weighted by atomic mass is 19.3. The number of halogens is 3. The largest absolute Gasteiger partial charge is 0.435 e. The summed E-state index contributed by atoms with van der Waals surface area (Å²) >= 11 is 0. The van der Waals surface area contributed by atoms with Gasteiger partial charge in [0.25, 0.3) is 0 Å². The van der Waals surface area contributed by atoms with Crippen LogP contribution in [0.15, 0.2) is 48.5 Å². The number of alkyl halides is 2. The third kappa shape index (κ3) is 4.21. The number of benzene rings is 2. The summed E-state index contributed by atoms with van der Waals surface area (Å²) in [6.07, 6.45) is 0. The van der Waals surface area contributed by atoms with Gasteiger partial charge in [-0.25, -0.2) is 4.39 Å². The quantitative estimate of drug-likeness (QED) is 0.882.